The first-order valence-electron chi connectivity index (χ1n) is 9.04. The van der Waals surface area contributed by atoms with Crippen LogP contribution in [0.4, 0.5) is 0 Å². The third-order valence-corrected chi connectivity index (χ3v) is 6.16. The first kappa shape index (κ1) is 15.3. The zero-order valence-electron chi connectivity index (χ0n) is 13.8. The molecule has 0 aromatic heterocycles. The van der Waals surface area contributed by atoms with Gasteiger partial charge in [-0.2, -0.15) is 5.26 Å². The van der Waals surface area contributed by atoms with Gasteiger partial charge in [-0.05, 0) is 64.3 Å². The van der Waals surface area contributed by atoms with Gasteiger partial charge in [-0.1, -0.05) is 19.8 Å². The first-order valence-corrected chi connectivity index (χ1v) is 9.04. The van der Waals surface area contributed by atoms with E-state index in [2.05, 4.69) is 30.3 Å². The third-order valence-electron chi connectivity index (χ3n) is 6.16. The van der Waals surface area contributed by atoms with Crippen molar-refractivity contribution in [2.45, 2.75) is 94.8 Å². The molecule has 0 spiro atoms. The maximum atomic E-state index is 9.75. The molecule has 0 radical (unpaired) electrons. The van der Waals surface area contributed by atoms with E-state index >= 15 is 0 Å². The largest absolute Gasteiger partial charge is 0.300 e. The highest BCUT2D eigenvalue weighted by Gasteiger charge is 2.42. The third kappa shape index (κ3) is 3.43. The van der Waals surface area contributed by atoms with Gasteiger partial charge in [-0.25, -0.2) is 0 Å². The fourth-order valence-corrected chi connectivity index (χ4v) is 4.65. The van der Waals surface area contributed by atoms with E-state index in [1.54, 1.807) is 0 Å². The van der Waals surface area contributed by atoms with Crippen molar-refractivity contribution >= 4 is 0 Å². The molecule has 3 nitrogen and oxygen atoms in total. The van der Waals surface area contributed by atoms with E-state index in [0.717, 1.165) is 24.8 Å². The van der Waals surface area contributed by atoms with E-state index in [1.165, 1.54) is 51.4 Å². The van der Waals surface area contributed by atoms with Crippen LogP contribution in [0.2, 0.25) is 0 Å². The Balaban J connectivity index is 1.65. The fourth-order valence-electron chi connectivity index (χ4n) is 4.65. The van der Waals surface area contributed by atoms with Gasteiger partial charge in [0.15, 0.2) is 0 Å². The zero-order chi connectivity index (χ0) is 14.9. The molecule has 0 bridgehead atoms. The van der Waals surface area contributed by atoms with E-state index in [-0.39, 0.29) is 5.54 Å². The lowest BCUT2D eigenvalue weighted by atomic mass is 9.77. The van der Waals surface area contributed by atoms with Crippen LogP contribution in [-0.4, -0.2) is 35.6 Å². The van der Waals surface area contributed by atoms with Crippen LogP contribution in [0.5, 0.6) is 0 Å². The summed E-state index contributed by atoms with van der Waals surface area (Å²) in [6, 6.07) is 4.61. The molecule has 0 saturated heterocycles. The smallest absolute Gasteiger partial charge is 0.108 e. The summed E-state index contributed by atoms with van der Waals surface area (Å²) < 4.78 is 0. The Morgan fingerprint density at radius 2 is 1.86 bits per heavy atom. The summed E-state index contributed by atoms with van der Waals surface area (Å²) in [6.07, 6.45) is 12.6. The topological polar surface area (TPSA) is 39.1 Å². The molecule has 3 fully saturated rings. The average molecular weight is 289 g/mol. The number of nitrogens with zero attached hydrogens (tertiary/aromatic N) is 2. The number of rotatable bonds is 4. The van der Waals surface area contributed by atoms with Crippen molar-refractivity contribution in [3.8, 4) is 6.07 Å². The molecule has 0 aromatic carbocycles. The van der Waals surface area contributed by atoms with Gasteiger partial charge in [0.2, 0.25) is 0 Å². The van der Waals surface area contributed by atoms with Crippen molar-refractivity contribution < 1.29 is 0 Å². The van der Waals surface area contributed by atoms with Crippen LogP contribution >= 0.6 is 0 Å². The number of nitriles is 1. The Morgan fingerprint density at radius 3 is 2.52 bits per heavy atom. The van der Waals surface area contributed by atoms with Crippen LogP contribution in [0.25, 0.3) is 0 Å². The second kappa shape index (κ2) is 6.26. The normalized spacial score (nSPS) is 41.0. The summed E-state index contributed by atoms with van der Waals surface area (Å²) in [6.45, 7) is 2.42. The molecule has 0 aromatic rings. The van der Waals surface area contributed by atoms with Gasteiger partial charge in [-0.15, -0.1) is 0 Å². The molecule has 3 heteroatoms. The molecule has 0 amide bonds. The van der Waals surface area contributed by atoms with Crippen LogP contribution in [0.15, 0.2) is 0 Å². The monoisotopic (exact) mass is 289 g/mol. The highest BCUT2D eigenvalue weighted by atomic mass is 15.2. The molecule has 0 heterocycles. The molecule has 3 rings (SSSR count). The Kier molecular flexibility index (Phi) is 4.57. The summed E-state index contributed by atoms with van der Waals surface area (Å²) in [5.41, 5.74) is -0.240. The second-order valence-electron chi connectivity index (χ2n) is 7.86. The number of hydrogen-bond donors (Lipinski definition) is 1. The molecular weight excluding hydrogens is 258 g/mol. The summed E-state index contributed by atoms with van der Waals surface area (Å²) in [7, 11) is 2.32. The van der Waals surface area contributed by atoms with Gasteiger partial charge in [0.05, 0.1) is 6.07 Å². The summed E-state index contributed by atoms with van der Waals surface area (Å²) in [5.74, 6) is 0.818. The SMILES string of the molecule is CC1CCCCC1N(C)C1CCCC(C#N)(NC2CC2)C1. The van der Waals surface area contributed by atoms with Gasteiger partial charge < -0.3 is 4.90 Å². The lowest BCUT2D eigenvalue weighted by Crippen LogP contribution is -2.55. The summed E-state index contributed by atoms with van der Waals surface area (Å²) in [4.78, 5) is 2.64. The van der Waals surface area contributed by atoms with Crippen LogP contribution < -0.4 is 5.32 Å². The molecule has 4 atom stereocenters. The fraction of sp³-hybridized carbons (Fsp3) is 0.944. The minimum absolute atomic E-state index is 0.240. The molecule has 3 aliphatic carbocycles. The van der Waals surface area contributed by atoms with Crippen LogP contribution in [-0.2, 0) is 0 Å². The maximum absolute atomic E-state index is 9.75. The van der Waals surface area contributed by atoms with Crippen molar-refractivity contribution in [2.75, 3.05) is 7.05 Å². The molecule has 118 valence electrons. The molecule has 1 N–H and O–H groups in total. The minimum atomic E-state index is -0.240. The second-order valence-corrected chi connectivity index (χ2v) is 7.86. The van der Waals surface area contributed by atoms with Crippen molar-refractivity contribution in [3.63, 3.8) is 0 Å². The van der Waals surface area contributed by atoms with Gasteiger partial charge in [0, 0.05) is 18.1 Å². The molecule has 4 unspecified atom stereocenters. The van der Waals surface area contributed by atoms with E-state index in [9.17, 15) is 5.26 Å². The van der Waals surface area contributed by atoms with Crippen molar-refractivity contribution in [3.05, 3.63) is 0 Å². The molecule has 21 heavy (non-hydrogen) atoms. The Hall–Kier alpha value is -0.590. The van der Waals surface area contributed by atoms with Gasteiger partial charge >= 0.3 is 0 Å². The Morgan fingerprint density at radius 1 is 1.10 bits per heavy atom. The number of hydrogen-bond acceptors (Lipinski definition) is 3. The van der Waals surface area contributed by atoms with Gasteiger partial charge in [0.1, 0.15) is 5.54 Å². The quantitative estimate of drug-likeness (QED) is 0.861. The van der Waals surface area contributed by atoms with E-state index in [4.69, 9.17) is 0 Å². The lowest BCUT2D eigenvalue weighted by Gasteiger charge is -2.46. The summed E-state index contributed by atoms with van der Waals surface area (Å²) in [5, 5.41) is 13.4. The Labute approximate surface area is 130 Å². The van der Waals surface area contributed by atoms with Gasteiger partial charge in [-0.3, -0.25) is 5.32 Å². The van der Waals surface area contributed by atoms with Crippen LogP contribution in [0.3, 0.4) is 0 Å². The number of nitrogens with one attached hydrogen (secondary N) is 1. The molecule has 3 saturated carbocycles. The van der Waals surface area contributed by atoms with Gasteiger partial charge in [0.25, 0.3) is 0 Å². The molecule has 3 aliphatic rings. The molecular formula is C18H31N3. The zero-order valence-corrected chi connectivity index (χ0v) is 13.8. The average Bonchev–Trinajstić information content (AvgIpc) is 3.31. The van der Waals surface area contributed by atoms with Crippen LogP contribution in [0.1, 0.15) is 71.1 Å². The summed E-state index contributed by atoms with van der Waals surface area (Å²) >= 11 is 0. The van der Waals surface area contributed by atoms with Crippen molar-refractivity contribution in [2.24, 2.45) is 5.92 Å². The first-order chi connectivity index (χ1) is 10.1. The minimum Gasteiger partial charge on any atom is -0.300 e. The molecule has 0 aliphatic heterocycles. The Bertz CT molecular complexity index is 398. The predicted octanol–water partition coefficient (Wildman–Crippen LogP) is 3.45. The highest BCUT2D eigenvalue weighted by Crippen LogP contribution is 2.37. The lowest BCUT2D eigenvalue weighted by molar-refractivity contribution is 0.0596. The van der Waals surface area contributed by atoms with E-state index in [0.29, 0.717) is 12.1 Å². The standard InChI is InChI=1S/C18H31N3/c1-14-6-3-4-8-17(14)21(2)16-7-5-11-18(12-16,13-19)20-15-9-10-15/h14-17,20H,3-12H2,1-2H3. The van der Waals surface area contributed by atoms with Crippen molar-refractivity contribution in [1.82, 2.24) is 10.2 Å². The van der Waals surface area contributed by atoms with Crippen LogP contribution in [0, 0.1) is 17.2 Å². The van der Waals surface area contributed by atoms with Crippen molar-refractivity contribution in [1.29, 1.82) is 5.26 Å². The highest BCUT2D eigenvalue weighted by molar-refractivity contribution is 5.13. The van der Waals surface area contributed by atoms with E-state index in [1.807, 2.05) is 0 Å². The predicted molar refractivity (Wildman–Crippen MR) is 85.9 cm³/mol. The maximum Gasteiger partial charge on any atom is 0.108 e. The van der Waals surface area contributed by atoms with E-state index < -0.39 is 0 Å².